The number of carboxylic acid groups (broad SMARTS) is 1. The monoisotopic (exact) mass is 329 g/mol. The van der Waals surface area contributed by atoms with E-state index in [-0.39, 0.29) is 6.23 Å². The Bertz CT molecular complexity index is 651. The summed E-state index contributed by atoms with van der Waals surface area (Å²) in [6.07, 6.45) is 4.88. The number of carbonyl (C=O) groups is 1. The van der Waals surface area contributed by atoms with Crippen molar-refractivity contribution in [3.8, 4) is 0 Å². The lowest BCUT2D eigenvalue weighted by Gasteiger charge is -2.22. The maximum atomic E-state index is 11.5. The third-order valence-corrected chi connectivity index (χ3v) is 4.24. The van der Waals surface area contributed by atoms with Gasteiger partial charge in [-0.15, -0.1) is 0 Å². The summed E-state index contributed by atoms with van der Waals surface area (Å²) in [5.74, 6) is 0. The molecule has 1 amide bonds. The second kappa shape index (κ2) is 7.97. The number of nitrogens with zero attached hydrogens (tertiary/aromatic N) is 3. The van der Waals surface area contributed by atoms with Crippen molar-refractivity contribution in [2.75, 3.05) is 13.2 Å². The quantitative estimate of drug-likeness (QED) is 0.883. The summed E-state index contributed by atoms with van der Waals surface area (Å²) in [7, 11) is 0. The van der Waals surface area contributed by atoms with E-state index in [0.29, 0.717) is 19.5 Å². The molecule has 0 saturated carbocycles. The van der Waals surface area contributed by atoms with Crippen molar-refractivity contribution in [2.24, 2.45) is 0 Å². The van der Waals surface area contributed by atoms with Crippen molar-refractivity contribution < 1.29 is 14.6 Å². The zero-order valence-electron chi connectivity index (χ0n) is 13.7. The molecule has 1 N–H and O–H groups in total. The molecule has 0 spiro atoms. The molecule has 0 bridgehead atoms. The molecule has 1 aliphatic heterocycles. The van der Waals surface area contributed by atoms with E-state index in [4.69, 9.17) is 4.74 Å². The molecular weight excluding hydrogens is 306 g/mol. The van der Waals surface area contributed by atoms with E-state index in [1.165, 1.54) is 4.90 Å². The molecule has 3 rings (SSSR count). The Morgan fingerprint density at radius 3 is 2.83 bits per heavy atom. The van der Waals surface area contributed by atoms with Crippen molar-refractivity contribution in [3.63, 3.8) is 0 Å². The molecule has 0 aliphatic carbocycles. The topological polar surface area (TPSA) is 67.6 Å². The SMILES string of the molecule is O=C(O)N(CCc1ccn(C2CCCCO2)n1)Cc1ccccc1. The zero-order chi connectivity index (χ0) is 16.8. The van der Waals surface area contributed by atoms with Crippen molar-refractivity contribution in [1.29, 1.82) is 0 Å². The van der Waals surface area contributed by atoms with Gasteiger partial charge in [0, 0.05) is 32.3 Å². The maximum absolute atomic E-state index is 11.5. The minimum atomic E-state index is -0.908. The van der Waals surface area contributed by atoms with Gasteiger partial charge in [-0.1, -0.05) is 30.3 Å². The van der Waals surface area contributed by atoms with Crippen molar-refractivity contribution >= 4 is 6.09 Å². The Labute approximate surface area is 141 Å². The molecule has 1 atom stereocenters. The van der Waals surface area contributed by atoms with Crippen LogP contribution in [0.4, 0.5) is 4.79 Å². The first-order valence-corrected chi connectivity index (χ1v) is 8.40. The molecule has 128 valence electrons. The number of benzene rings is 1. The molecule has 1 aromatic heterocycles. The fraction of sp³-hybridized carbons (Fsp3) is 0.444. The maximum Gasteiger partial charge on any atom is 0.407 e. The smallest absolute Gasteiger partial charge is 0.407 e. The van der Waals surface area contributed by atoms with Gasteiger partial charge in [0.2, 0.25) is 0 Å². The lowest BCUT2D eigenvalue weighted by molar-refractivity contribution is -0.0396. The molecular formula is C18H23N3O3. The van der Waals surface area contributed by atoms with Crippen LogP contribution in [-0.4, -0.2) is 39.0 Å². The highest BCUT2D eigenvalue weighted by Crippen LogP contribution is 2.21. The van der Waals surface area contributed by atoms with E-state index in [1.54, 1.807) is 0 Å². The van der Waals surface area contributed by atoms with Crippen LogP contribution in [0.3, 0.4) is 0 Å². The van der Waals surface area contributed by atoms with Gasteiger partial charge in [0.15, 0.2) is 0 Å². The van der Waals surface area contributed by atoms with Gasteiger partial charge in [-0.3, -0.25) is 0 Å². The first-order valence-electron chi connectivity index (χ1n) is 8.40. The summed E-state index contributed by atoms with van der Waals surface area (Å²) in [6, 6.07) is 11.6. The van der Waals surface area contributed by atoms with Crippen molar-refractivity contribution in [2.45, 2.75) is 38.5 Å². The van der Waals surface area contributed by atoms with Gasteiger partial charge in [-0.2, -0.15) is 5.10 Å². The first kappa shape index (κ1) is 16.5. The van der Waals surface area contributed by atoms with Crippen LogP contribution in [0.15, 0.2) is 42.6 Å². The van der Waals surface area contributed by atoms with E-state index in [1.807, 2.05) is 47.3 Å². The van der Waals surface area contributed by atoms with Crippen molar-refractivity contribution in [1.82, 2.24) is 14.7 Å². The van der Waals surface area contributed by atoms with Crippen molar-refractivity contribution in [3.05, 3.63) is 53.9 Å². The number of aromatic nitrogens is 2. The zero-order valence-corrected chi connectivity index (χ0v) is 13.7. The van der Waals surface area contributed by atoms with E-state index in [9.17, 15) is 9.90 Å². The lowest BCUT2D eigenvalue weighted by atomic mass is 10.2. The third kappa shape index (κ3) is 4.35. The highest BCUT2D eigenvalue weighted by molar-refractivity contribution is 5.65. The highest BCUT2D eigenvalue weighted by atomic mass is 16.5. The van der Waals surface area contributed by atoms with Crippen LogP contribution in [0.2, 0.25) is 0 Å². The predicted molar refractivity (Wildman–Crippen MR) is 89.6 cm³/mol. The summed E-state index contributed by atoms with van der Waals surface area (Å²) >= 11 is 0. The molecule has 1 fully saturated rings. The van der Waals surface area contributed by atoms with E-state index in [2.05, 4.69) is 5.10 Å². The summed E-state index contributed by atoms with van der Waals surface area (Å²) < 4.78 is 7.57. The number of rotatable bonds is 6. The van der Waals surface area contributed by atoms with E-state index >= 15 is 0 Å². The summed E-state index contributed by atoms with van der Waals surface area (Å²) in [6.45, 7) is 1.60. The minimum absolute atomic E-state index is 0.0207. The molecule has 2 aromatic rings. The molecule has 24 heavy (non-hydrogen) atoms. The molecule has 2 heterocycles. The standard InChI is InChI=1S/C18H23N3O3/c22-18(23)20(14-15-6-2-1-3-7-15)11-9-16-10-12-21(19-16)17-8-4-5-13-24-17/h1-3,6-7,10,12,17H,4-5,8-9,11,13-14H2,(H,22,23). The predicted octanol–water partition coefficient (Wildman–Crippen LogP) is 3.30. The molecule has 6 heteroatoms. The van der Waals surface area contributed by atoms with Crippen LogP contribution >= 0.6 is 0 Å². The van der Waals surface area contributed by atoms with Crippen LogP contribution in [-0.2, 0) is 17.7 Å². The molecule has 1 aliphatic rings. The Morgan fingerprint density at radius 2 is 2.12 bits per heavy atom. The fourth-order valence-corrected chi connectivity index (χ4v) is 2.90. The van der Waals surface area contributed by atoms with Gasteiger partial charge < -0.3 is 14.7 Å². The molecule has 1 unspecified atom stereocenters. The minimum Gasteiger partial charge on any atom is -0.465 e. The van der Waals surface area contributed by atoms with E-state index in [0.717, 1.165) is 37.1 Å². The second-order valence-corrected chi connectivity index (χ2v) is 6.05. The lowest BCUT2D eigenvalue weighted by Crippen LogP contribution is -2.31. The normalized spacial score (nSPS) is 17.6. The van der Waals surface area contributed by atoms with E-state index < -0.39 is 6.09 Å². The Kier molecular flexibility index (Phi) is 5.48. The average Bonchev–Trinajstić information content (AvgIpc) is 3.09. The molecule has 1 saturated heterocycles. The number of hydrogen-bond acceptors (Lipinski definition) is 3. The van der Waals surface area contributed by atoms with Gasteiger partial charge in [-0.25, -0.2) is 9.48 Å². The van der Waals surface area contributed by atoms with Gasteiger partial charge in [-0.05, 0) is 30.9 Å². The van der Waals surface area contributed by atoms with Crippen LogP contribution in [0, 0.1) is 0 Å². The van der Waals surface area contributed by atoms with Crippen LogP contribution < -0.4 is 0 Å². The van der Waals surface area contributed by atoms with Crippen LogP contribution in [0.5, 0.6) is 0 Å². The average molecular weight is 329 g/mol. The largest absolute Gasteiger partial charge is 0.465 e. The summed E-state index contributed by atoms with van der Waals surface area (Å²) in [5.41, 5.74) is 1.88. The molecule has 0 radical (unpaired) electrons. The van der Waals surface area contributed by atoms with Crippen LogP contribution in [0.25, 0.3) is 0 Å². The van der Waals surface area contributed by atoms with Gasteiger partial charge >= 0.3 is 6.09 Å². The highest BCUT2D eigenvalue weighted by Gasteiger charge is 2.17. The van der Waals surface area contributed by atoms with Crippen LogP contribution in [0.1, 0.15) is 36.7 Å². The number of amides is 1. The summed E-state index contributed by atoms with van der Waals surface area (Å²) in [5, 5.41) is 13.9. The van der Waals surface area contributed by atoms with Gasteiger partial charge in [0.25, 0.3) is 0 Å². The third-order valence-electron chi connectivity index (χ3n) is 4.24. The Hall–Kier alpha value is -2.34. The Morgan fingerprint density at radius 1 is 1.29 bits per heavy atom. The fourth-order valence-electron chi connectivity index (χ4n) is 2.90. The van der Waals surface area contributed by atoms with Gasteiger partial charge in [0.1, 0.15) is 6.23 Å². The Balaban J connectivity index is 1.56. The number of ether oxygens (including phenoxy) is 1. The number of hydrogen-bond donors (Lipinski definition) is 1. The first-order chi connectivity index (χ1) is 11.7. The summed E-state index contributed by atoms with van der Waals surface area (Å²) in [4.78, 5) is 12.9. The van der Waals surface area contributed by atoms with Gasteiger partial charge in [0.05, 0.1) is 5.69 Å². The molecule has 6 nitrogen and oxygen atoms in total. The molecule has 1 aromatic carbocycles. The second-order valence-electron chi connectivity index (χ2n) is 6.05.